The third-order valence-corrected chi connectivity index (χ3v) is 9.51. The maximum absolute atomic E-state index is 10.7. The van der Waals surface area contributed by atoms with E-state index in [0.717, 1.165) is 32.3 Å². The summed E-state index contributed by atoms with van der Waals surface area (Å²) in [5.41, 5.74) is 7.72. The highest BCUT2D eigenvalue weighted by atomic mass is 16.5. The molecule has 3 fully saturated rings. The fourth-order valence-electron chi connectivity index (χ4n) is 6.68. The standard InChI is InChI=1S/C31H51NO3/c1-22-10-13-26(35-20-8-19-32)21-25(22)12-11-24-9-7-17-30(5)27(14-15-28(24)30)23(2)16-18-31(6,34)29(3,4)33/h11-12,16,18,23,26-28,33-34H,1,7-10,13-15,17,19-21,32H2,2-6H3/b18-16-,24-11+,25-12-/t23?,26-,27+,28-,30-,31?/m0/s1. The molecule has 0 aromatic rings. The Morgan fingerprint density at radius 3 is 2.60 bits per heavy atom. The molecule has 0 amide bonds. The van der Waals surface area contributed by atoms with Crippen molar-refractivity contribution in [1.82, 2.24) is 0 Å². The maximum Gasteiger partial charge on any atom is 0.108 e. The highest BCUT2D eigenvalue weighted by molar-refractivity contribution is 5.36. The van der Waals surface area contributed by atoms with E-state index in [1.807, 2.05) is 6.08 Å². The van der Waals surface area contributed by atoms with Crippen LogP contribution in [0.3, 0.4) is 0 Å². The van der Waals surface area contributed by atoms with Crippen LogP contribution in [0.5, 0.6) is 0 Å². The molecule has 0 spiro atoms. The van der Waals surface area contributed by atoms with Crippen molar-refractivity contribution in [3.8, 4) is 0 Å². The smallest absolute Gasteiger partial charge is 0.108 e. The molecule has 0 heterocycles. The lowest BCUT2D eigenvalue weighted by molar-refractivity contribution is -0.0886. The molecule has 3 saturated carbocycles. The van der Waals surface area contributed by atoms with Crippen LogP contribution in [0.15, 0.2) is 47.6 Å². The third kappa shape index (κ3) is 6.57. The zero-order chi connectivity index (χ0) is 25.9. The van der Waals surface area contributed by atoms with E-state index in [4.69, 9.17) is 10.5 Å². The van der Waals surface area contributed by atoms with Crippen molar-refractivity contribution < 1.29 is 14.9 Å². The summed E-state index contributed by atoms with van der Waals surface area (Å²) in [6.07, 6.45) is 19.1. The first-order valence-corrected chi connectivity index (χ1v) is 13.9. The molecule has 4 heteroatoms. The summed E-state index contributed by atoms with van der Waals surface area (Å²) in [6.45, 7) is 15.6. The van der Waals surface area contributed by atoms with Gasteiger partial charge in [0.1, 0.15) is 5.60 Å². The fourth-order valence-corrected chi connectivity index (χ4v) is 6.68. The second kappa shape index (κ2) is 11.5. The summed E-state index contributed by atoms with van der Waals surface area (Å²) >= 11 is 0. The van der Waals surface area contributed by atoms with Crippen molar-refractivity contribution >= 4 is 0 Å². The van der Waals surface area contributed by atoms with E-state index < -0.39 is 11.2 Å². The lowest BCUT2D eigenvalue weighted by Crippen LogP contribution is -2.46. The zero-order valence-electron chi connectivity index (χ0n) is 23.0. The highest BCUT2D eigenvalue weighted by Crippen LogP contribution is 2.59. The number of hydrogen-bond acceptors (Lipinski definition) is 4. The largest absolute Gasteiger partial charge is 0.387 e. The van der Waals surface area contributed by atoms with E-state index in [1.165, 1.54) is 43.3 Å². The predicted octanol–water partition coefficient (Wildman–Crippen LogP) is 6.24. The van der Waals surface area contributed by atoms with Crippen LogP contribution in [0.1, 0.15) is 92.4 Å². The predicted molar refractivity (Wildman–Crippen MR) is 146 cm³/mol. The van der Waals surface area contributed by atoms with E-state index in [-0.39, 0.29) is 11.5 Å². The molecule has 4 N–H and O–H groups in total. The Labute approximate surface area is 214 Å². The molecule has 3 aliphatic rings. The molecule has 0 bridgehead atoms. The number of allylic oxidation sites excluding steroid dienone is 5. The first-order chi connectivity index (χ1) is 16.4. The average molecular weight is 486 g/mol. The van der Waals surface area contributed by atoms with Gasteiger partial charge in [-0.05, 0) is 114 Å². The Kier molecular flexibility index (Phi) is 9.29. The molecule has 3 rings (SSSR count). The van der Waals surface area contributed by atoms with Crippen LogP contribution in [0.25, 0.3) is 0 Å². The van der Waals surface area contributed by atoms with Gasteiger partial charge in [-0.2, -0.15) is 0 Å². The Morgan fingerprint density at radius 2 is 1.91 bits per heavy atom. The summed E-state index contributed by atoms with van der Waals surface area (Å²) in [5.74, 6) is 1.57. The van der Waals surface area contributed by atoms with E-state index >= 15 is 0 Å². The lowest BCUT2D eigenvalue weighted by atomic mass is 9.61. The van der Waals surface area contributed by atoms with Gasteiger partial charge in [-0.15, -0.1) is 0 Å². The summed E-state index contributed by atoms with van der Waals surface area (Å²) in [7, 11) is 0. The summed E-state index contributed by atoms with van der Waals surface area (Å²) < 4.78 is 6.06. The summed E-state index contributed by atoms with van der Waals surface area (Å²) in [5, 5.41) is 21.0. The van der Waals surface area contributed by atoms with Gasteiger partial charge in [-0.3, -0.25) is 0 Å². The Hall–Kier alpha value is -1.20. The number of hydrogen-bond donors (Lipinski definition) is 3. The SMILES string of the molecule is C=C1CC[C@H](OCCCN)C/C1=C/C=C1\CCC[C@@]2(C)[C@@H](C(C)/C=C\C(C)(O)C(C)(C)O)CC[C@@H]12. The number of fused-ring (bicyclic) bond motifs is 1. The van der Waals surface area contributed by atoms with Gasteiger partial charge >= 0.3 is 0 Å². The summed E-state index contributed by atoms with van der Waals surface area (Å²) in [6, 6.07) is 0. The van der Waals surface area contributed by atoms with Crippen LogP contribution in [0.2, 0.25) is 0 Å². The van der Waals surface area contributed by atoms with Gasteiger partial charge < -0.3 is 20.7 Å². The van der Waals surface area contributed by atoms with Crippen molar-refractivity contribution in [2.24, 2.45) is 28.9 Å². The molecule has 0 radical (unpaired) electrons. The second-order valence-corrected chi connectivity index (χ2v) is 12.4. The van der Waals surface area contributed by atoms with Gasteiger partial charge in [0, 0.05) is 6.61 Å². The van der Waals surface area contributed by atoms with Crippen molar-refractivity contribution in [2.45, 2.75) is 110 Å². The first-order valence-electron chi connectivity index (χ1n) is 13.9. The molecule has 35 heavy (non-hydrogen) atoms. The number of aliphatic hydroxyl groups is 2. The topological polar surface area (TPSA) is 75.7 Å². The van der Waals surface area contributed by atoms with Crippen LogP contribution in [0.4, 0.5) is 0 Å². The minimum atomic E-state index is -1.24. The van der Waals surface area contributed by atoms with Crippen LogP contribution in [-0.4, -0.2) is 40.7 Å². The quantitative estimate of drug-likeness (QED) is 0.267. The lowest BCUT2D eigenvalue weighted by Gasteiger charge is -2.44. The first kappa shape index (κ1) is 28.4. The molecule has 4 nitrogen and oxygen atoms in total. The fraction of sp³-hybridized carbons (Fsp3) is 0.742. The van der Waals surface area contributed by atoms with Gasteiger partial charge in [0.15, 0.2) is 0 Å². The second-order valence-electron chi connectivity index (χ2n) is 12.4. The minimum Gasteiger partial charge on any atom is -0.387 e. The molecular weight excluding hydrogens is 434 g/mol. The van der Waals surface area contributed by atoms with E-state index in [0.29, 0.717) is 24.3 Å². The highest BCUT2D eigenvalue weighted by Gasteiger charge is 2.50. The molecule has 0 saturated heterocycles. The van der Waals surface area contributed by atoms with Crippen LogP contribution < -0.4 is 5.73 Å². The van der Waals surface area contributed by atoms with Crippen LogP contribution in [0, 0.1) is 23.2 Å². The van der Waals surface area contributed by atoms with Crippen LogP contribution >= 0.6 is 0 Å². The normalized spacial score (nSPS) is 35.0. The summed E-state index contributed by atoms with van der Waals surface area (Å²) in [4.78, 5) is 0. The average Bonchev–Trinajstić information content (AvgIpc) is 3.14. The molecule has 2 unspecified atom stereocenters. The molecule has 0 aliphatic heterocycles. The molecule has 0 aromatic carbocycles. The Bertz CT molecular complexity index is 831. The van der Waals surface area contributed by atoms with Crippen molar-refractivity contribution in [3.05, 3.63) is 47.6 Å². The number of ether oxygens (including phenoxy) is 1. The Morgan fingerprint density at radius 1 is 1.17 bits per heavy atom. The zero-order valence-corrected chi connectivity index (χ0v) is 23.0. The monoisotopic (exact) mass is 485 g/mol. The van der Waals surface area contributed by atoms with Crippen molar-refractivity contribution in [2.75, 3.05) is 13.2 Å². The number of rotatable bonds is 9. The molecular formula is C31H51NO3. The molecule has 6 atom stereocenters. The Balaban J connectivity index is 1.72. The van der Waals surface area contributed by atoms with E-state index in [9.17, 15) is 10.2 Å². The van der Waals surface area contributed by atoms with E-state index in [2.05, 4.69) is 38.7 Å². The van der Waals surface area contributed by atoms with Gasteiger partial charge in [0.2, 0.25) is 0 Å². The molecule has 3 aliphatic carbocycles. The van der Waals surface area contributed by atoms with Gasteiger partial charge in [-0.1, -0.05) is 55.9 Å². The van der Waals surface area contributed by atoms with Crippen molar-refractivity contribution in [1.29, 1.82) is 0 Å². The third-order valence-electron chi connectivity index (χ3n) is 9.51. The maximum atomic E-state index is 10.7. The van der Waals surface area contributed by atoms with Crippen LogP contribution in [-0.2, 0) is 4.74 Å². The molecule has 198 valence electrons. The van der Waals surface area contributed by atoms with Crippen molar-refractivity contribution in [3.63, 3.8) is 0 Å². The molecule has 0 aromatic heterocycles. The van der Waals surface area contributed by atoms with E-state index in [1.54, 1.807) is 26.3 Å². The number of nitrogens with two attached hydrogens (primary N) is 1. The minimum absolute atomic E-state index is 0.282. The van der Waals surface area contributed by atoms with Gasteiger partial charge in [0.05, 0.1) is 11.7 Å². The van der Waals surface area contributed by atoms with Gasteiger partial charge in [0.25, 0.3) is 0 Å². The van der Waals surface area contributed by atoms with Gasteiger partial charge in [-0.25, -0.2) is 0 Å².